The van der Waals surface area contributed by atoms with Crippen molar-refractivity contribution in [1.82, 2.24) is 10.2 Å². The molecule has 130 valence electrons. The lowest BCUT2D eigenvalue weighted by atomic mass is 9.92. The van der Waals surface area contributed by atoms with Crippen LogP contribution in [0.5, 0.6) is 5.75 Å². The van der Waals surface area contributed by atoms with Crippen LogP contribution in [0.25, 0.3) is 0 Å². The van der Waals surface area contributed by atoms with E-state index in [0.29, 0.717) is 11.3 Å². The molecule has 1 aliphatic heterocycles. The van der Waals surface area contributed by atoms with E-state index in [1.807, 2.05) is 12.1 Å². The van der Waals surface area contributed by atoms with Crippen molar-refractivity contribution in [2.45, 2.75) is 12.5 Å². The lowest BCUT2D eigenvalue weighted by Gasteiger charge is -2.22. The number of hydrogen-bond donors (Lipinski definition) is 1. The molecule has 3 amide bonds. The van der Waals surface area contributed by atoms with Crippen LogP contribution >= 0.6 is 15.9 Å². The number of carbonyl (C=O) groups excluding carboxylic acids is 2. The zero-order valence-corrected chi connectivity index (χ0v) is 15.0. The van der Waals surface area contributed by atoms with Crippen molar-refractivity contribution in [2.24, 2.45) is 0 Å². The van der Waals surface area contributed by atoms with E-state index < -0.39 is 11.6 Å². The van der Waals surface area contributed by atoms with Crippen molar-refractivity contribution in [3.05, 3.63) is 64.4 Å². The van der Waals surface area contributed by atoms with Gasteiger partial charge in [0.1, 0.15) is 23.7 Å². The summed E-state index contributed by atoms with van der Waals surface area (Å²) in [6.07, 6.45) is 0. The number of ether oxygens (including phenoxy) is 1. The van der Waals surface area contributed by atoms with Gasteiger partial charge in [0.05, 0.1) is 6.54 Å². The number of nitrogens with one attached hydrogen (secondary N) is 1. The topological polar surface area (TPSA) is 58.6 Å². The third kappa shape index (κ3) is 3.51. The summed E-state index contributed by atoms with van der Waals surface area (Å²) < 4.78 is 19.2. The number of carbonyl (C=O) groups is 2. The molecule has 1 aliphatic rings. The predicted octanol–water partition coefficient (Wildman–Crippen LogP) is 3.43. The third-order valence-corrected chi connectivity index (χ3v) is 4.57. The first kappa shape index (κ1) is 17.4. The van der Waals surface area contributed by atoms with Crippen molar-refractivity contribution in [3.63, 3.8) is 0 Å². The van der Waals surface area contributed by atoms with E-state index in [9.17, 15) is 14.0 Å². The highest BCUT2D eigenvalue weighted by atomic mass is 79.9. The Kier molecular flexibility index (Phi) is 4.76. The Hall–Kier alpha value is -2.41. The molecule has 7 heteroatoms. The molecule has 0 aliphatic carbocycles. The minimum Gasteiger partial charge on any atom is -0.492 e. The molecular weight excluding hydrogens is 391 g/mol. The molecule has 0 saturated carbocycles. The maximum absolute atomic E-state index is 12.9. The van der Waals surface area contributed by atoms with Crippen LogP contribution in [0.2, 0.25) is 0 Å². The highest BCUT2D eigenvalue weighted by Gasteiger charge is 2.48. The Labute approximate surface area is 152 Å². The lowest BCUT2D eigenvalue weighted by molar-refractivity contribution is -0.131. The quantitative estimate of drug-likeness (QED) is 0.773. The number of benzene rings is 2. The first-order chi connectivity index (χ1) is 11.9. The van der Waals surface area contributed by atoms with Crippen molar-refractivity contribution in [1.29, 1.82) is 0 Å². The molecular formula is C18H16BrFN2O3. The standard InChI is InChI=1S/C18H16BrFN2O3/c1-18(12-3-2-4-13(19)11-12)16(23)22(17(24)21-18)9-10-25-15-7-5-14(20)6-8-15/h2-8,11H,9-10H2,1H3,(H,21,24)/t18-/m1/s1. The van der Waals surface area contributed by atoms with Crippen LogP contribution in [-0.2, 0) is 10.3 Å². The van der Waals surface area contributed by atoms with Gasteiger partial charge >= 0.3 is 6.03 Å². The first-order valence-electron chi connectivity index (χ1n) is 7.69. The van der Waals surface area contributed by atoms with Crippen molar-refractivity contribution >= 4 is 27.9 Å². The molecule has 1 atom stereocenters. The predicted molar refractivity (Wildman–Crippen MR) is 93.6 cm³/mol. The Morgan fingerprint density at radius 1 is 1.20 bits per heavy atom. The summed E-state index contributed by atoms with van der Waals surface area (Å²) in [5.41, 5.74) is -0.418. The molecule has 1 N–H and O–H groups in total. The van der Waals surface area contributed by atoms with Crippen LogP contribution in [0.1, 0.15) is 12.5 Å². The molecule has 3 rings (SSSR count). The van der Waals surface area contributed by atoms with Gasteiger partial charge in [-0.15, -0.1) is 0 Å². The molecule has 0 bridgehead atoms. The fourth-order valence-electron chi connectivity index (χ4n) is 2.68. The molecule has 2 aromatic carbocycles. The summed E-state index contributed by atoms with van der Waals surface area (Å²) in [5, 5.41) is 2.74. The van der Waals surface area contributed by atoms with Crippen LogP contribution in [-0.4, -0.2) is 30.0 Å². The van der Waals surface area contributed by atoms with Gasteiger partial charge in [-0.1, -0.05) is 28.1 Å². The van der Waals surface area contributed by atoms with Gasteiger partial charge < -0.3 is 10.1 Å². The summed E-state index contributed by atoms with van der Waals surface area (Å²) in [5.74, 6) is -0.215. The highest BCUT2D eigenvalue weighted by molar-refractivity contribution is 9.10. The van der Waals surface area contributed by atoms with E-state index >= 15 is 0 Å². The van der Waals surface area contributed by atoms with Crippen molar-refractivity contribution in [3.8, 4) is 5.75 Å². The summed E-state index contributed by atoms with van der Waals surface area (Å²) in [6.45, 7) is 1.90. The van der Waals surface area contributed by atoms with Crippen molar-refractivity contribution < 1.29 is 18.7 Å². The summed E-state index contributed by atoms with van der Waals surface area (Å²) >= 11 is 3.37. The number of halogens is 2. The molecule has 25 heavy (non-hydrogen) atoms. The summed E-state index contributed by atoms with van der Waals surface area (Å²) in [4.78, 5) is 26.1. The minimum atomic E-state index is -1.11. The minimum absolute atomic E-state index is 0.103. The second-order valence-electron chi connectivity index (χ2n) is 5.82. The number of amides is 3. The monoisotopic (exact) mass is 406 g/mol. The van der Waals surface area contributed by atoms with E-state index in [-0.39, 0.29) is 24.9 Å². The highest BCUT2D eigenvalue weighted by Crippen LogP contribution is 2.30. The number of rotatable bonds is 5. The average Bonchev–Trinajstić information content (AvgIpc) is 2.81. The summed E-state index contributed by atoms with van der Waals surface area (Å²) in [7, 11) is 0. The second-order valence-corrected chi connectivity index (χ2v) is 6.74. The third-order valence-electron chi connectivity index (χ3n) is 4.07. The van der Waals surface area contributed by atoms with Crippen LogP contribution < -0.4 is 10.1 Å². The maximum Gasteiger partial charge on any atom is 0.325 e. The summed E-state index contributed by atoms with van der Waals surface area (Å²) in [6, 6.07) is 12.3. The fraction of sp³-hybridized carbons (Fsp3) is 0.222. The number of imide groups is 1. The van der Waals surface area contributed by atoms with Gasteiger partial charge in [0, 0.05) is 4.47 Å². The van der Waals surface area contributed by atoms with E-state index in [1.54, 1.807) is 19.1 Å². The first-order valence-corrected chi connectivity index (χ1v) is 8.48. The molecule has 1 heterocycles. The zero-order valence-electron chi connectivity index (χ0n) is 13.5. The van der Waals surface area contributed by atoms with Crippen LogP contribution in [0, 0.1) is 5.82 Å². The SMILES string of the molecule is C[C@]1(c2cccc(Br)c2)NC(=O)N(CCOc2ccc(F)cc2)C1=O. The Bertz CT molecular complexity index is 812. The van der Waals surface area contributed by atoms with Gasteiger partial charge in [0.2, 0.25) is 0 Å². The lowest BCUT2D eigenvalue weighted by Crippen LogP contribution is -2.41. The van der Waals surface area contributed by atoms with Crippen LogP contribution in [0.15, 0.2) is 53.0 Å². The van der Waals surface area contributed by atoms with Gasteiger partial charge in [-0.25, -0.2) is 9.18 Å². The molecule has 2 aromatic rings. The van der Waals surface area contributed by atoms with E-state index in [2.05, 4.69) is 21.2 Å². The van der Waals surface area contributed by atoms with Gasteiger partial charge in [0.15, 0.2) is 0 Å². The molecule has 0 aromatic heterocycles. The average molecular weight is 407 g/mol. The van der Waals surface area contributed by atoms with Gasteiger partial charge in [-0.2, -0.15) is 0 Å². The van der Waals surface area contributed by atoms with E-state index in [4.69, 9.17) is 4.74 Å². The maximum atomic E-state index is 12.9. The van der Waals surface area contributed by atoms with Crippen LogP contribution in [0.4, 0.5) is 9.18 Å². The Morgan fingerprint density at radius 2 is 1.92 bits per heavy atom. The van der Waals surface area contributed by atoms with Crippen molar-refractivity contribution in [2.75, 3.05) is 13.2 Å². The molecule has 0 spiro atoms. The second kappa shape index (κ2) is 6.84. The molecule has 1 fully saturated rings. The normalized spacial score (nSPS) is 19.9. The Balaban J connectivity index is 1.68. The Morgan fingerprint density at radius 3 is 2.60 bits per heavy atom. The largest absolute Gasteiger partial charge is 0.492 e. The van der Waals surface area contributed by atoms with Crippen LogP contribution in [0.3, 0.4) is 0 Å². The molecule has 5 nitrogen and oxygen atoms in total. The zero-order chi connectivity index (χ0) is 18.0. The molecule has 0 unspecified atom stereocenters. The van der Waals surface area contributed by atoms with E-state index in [0.717, 1.165) is 9.37 Å². The van der Waals surface area contributed by atoms with Gasteiger partial charge in [0.25, 0.3) is 5.91 Å². The molecule has 0 radical (unpaired) electrons. The van der Waals surface area contributed by atoms with E-state index in [1.165, 1.54) is 24.3 Å². The number of urea groups is 1. The number of nitrogens with zero attached hydrogens (tertiary/aromatic N) is 1. The fourth-order valence-corrected chi connectivity index (χ4v) is 3.08. The molecule has 1 saturated heterocycles. The van der Waals surface area contributed by atoms with Gasteiger partial charge in [-0.05, 0) is 48.9 Å². The van der Waals surface area contributed by atoms with Gasteiger partial charge in [-0.3, -0.25) is 9.69 Å². The number of hydrogen-bond acceptors (Lipinski definition) is 3. The smallest absolute Gasteiger partial charge is 0.325 e.